The molecule has 12 heavy (non-hydrogen) atoms. The molecule has 2 atom stereocenters. The number of likely N-dealkylation sites (tertiary alicyclic amines) is 1. The maximum Gasteiger partial charge on any atom is 0.0969 e. The number of hydrogen-bond acceptors (Lipinski definition) is 2. The molecule has 0 saturated carbocycles. The molecule has 2 unspecified atom stereocenters. The minimum atomic E-state index is -0.902. The van der Waals surface area contributed by atoms with Crippen molar-refractivity contribution in [1.29, 1.82) is 0 Å². The van der Waals surface area contributed by atoms with Crippen LogP contribution in [0, 0.1) is 5.92 Å². The molecule has 68 valence electrons. The zero-order valence-corrected chi connectivity index (χ0v) is 7.45. The number of nitrogens with zero attached hydrogens (tertiary/aromatic N) is 1. The summed E-state index contributed by atoms with van der Waals surface area (Å²) in [5, 5.41) is 10.5. The molecule has 3 nitrogen and oxygen atoms in total. The second-order valence-corrected chi connectivity index (χ2v) is 3.80. The van der Waals surface area contributed by atoms with Crippen molar-refractivity contribution in [3.05, 3.63) is 12.7 Å². The minimum absolute atomic E-state index is 0.255. The molecule has 1 fully saturated rings. The van der Waals surface area contributed by atoms with E-state index in [0.29, 0.717) is 6.54 Å². The average molecular weight is 169 g/mol. The molecule has 1 aliphatic heterocycles. The van der Waals surface area contributed by atoms with Crippen molar-refractivity contribution in [2.75, 3.05) is 26.7 Å². The third-order valence-electron chi connectivity index (χ3n) is 2.58. The molecule has 0 amide bonds. The van der Waals surface area contributed by atoms with Gasteiger partial charge in [-0.15, -0.1) is 0 Å². The third-order valence-corrected chi connectivity index (χ3v) is 2.58. The van der Waals surface area contributed by atoms with Crippen LogP contribution in [-0.4, -0.2) is 37.1 Å². The van der Waals surface area contributed by atoms with Gasteiger partial charge in [0.2, 0.25) is 0 Å². The fraction of sp³-hybridized carbons (Fsp3) is 0.667. The van der Waals surface area contributed by atoms with Crippen molar-refractivity contribution < 1.29 is 14.4 Å². The summed E-state index contributed by atoms with van der Waals surface area (Å²) in [5.74, 6) is -1.16. The first-order valence-corrected chi connectivity index (χ1v) is 4.23. The zero-order chi connectivity index (χ0) is 9.19. The lowest BCUT2D eigenvalue weighted by Gasteiger charge is -2.28. The second-order valence-electron chi connectivity index (χ2n) is 3.80. The van der Waals surface area contributed by atoms with Gasteiger partial charge in [-0.3, -0.25) is 0 Å². The molecule has 0 radical (unpaired) electrons. The fourth-order valence-electron chi connectivity index (χ4n) is 1.85. The Bertz CT molecular complexity index is 203. The number of hydrogen-bond donors (Lipinski definition) is 0. The molecular weight excluding hydrogens is 154 g/mol. The molecule has 0 bridgehead atoms. The van der Waals surface area contributed by atoms with E-state index in [1.807, 2.05) is 6.08 Å². The van der Waals surface area contributed by atoms with E-state index >= 15 is 0 Å². The van der Waals surface area contributed by atoms with Crippen molar-refractivity contribution in [3.8, 4) is 0 Å². The van der Waals surface area contributed by atoms with Crippen molar-refractivity contribution in [2.45, 2.75) is 6.42 Å². The maximum atomic E-state index is 10.5. The highest BCUT2D eigenvalue weighted by Crippen LogP contribution is 2.21. The number of quaternary nitrogens is 1. The van der Waals surface area contributed by atoms with Crippen LogP contribution in [0.1, 0.15) is 6.42 Å². The summed E-state index contributed by atoms with van der Waals surface area (Å²) in [4.78, 5) is 10.5. The Morgan fingerprint density at radius 2 is 2.50 bits per heavy atom. The van der Waals surface area contributed by atoms with Gasteiger partial charge in [0, 0.05) is 6.42 Å². The van der Waals surface area contributed by atoms with E-state index in [4.69, 9.17) is 0 Å². The molecule has 1 aliphatic rings. The van der Waals surface area contributed by atoms with Crippen LogP contribution in [0.15, 0.2) is 12.7 Å². The Kier molecular flexibility index (Phi) is 2.52. The molecule has 0 N–H and O–H groups in total. The summed E-state index contributed by atoms with van der Waals surface area (Å²) in [6, 6.07) is 0. The number of rotatable bonds is 3. The van der Waals surface area contributed by atoms with Gasteiger partial charge in [0.25, 0.3) is 0 Å². The quantitative estimate of drug-likeness (QED) is 0.417. The van der Waals surface area contributed by atoms with E-state index in [1.165, 1.54) is 0 Å². The topological polar surface area (TPSA) is 40.1 Å². The Hall–Kier alpha value is -0.830. The first kappa shape index (κ1) is 9.26. The van der Waals surface area contributed by atoms with Crippen LogP contribution in [0.25, 0.3) is 0 Å². The number of likely N-dealkylation sites (N-methyl/N-ethyl adjacent to an activating group) is 1. The Balaban J connectivity index is 2.54. The Morgan fingerprint density at radius 1 is 1.83 bits per heavy atom. The van der Waals surface area contributed by atoms with Crippen LogP contribution < -0.4 is 5.11 Å². The molecule has 0 aromatic rings. The summed E-state index contributed by atoms with van der Waals surface area (Å²) in [5.41, 5.74) is 0. The SMILES string of the molecule is C=CC[N+]1(C)CCC(C(=O)[O-])C1. The minimum Gasteiger partial charge on any atom is -0.550 e. The van der Waals surface area contributed by atoms with Gasteiger partial charge in [-0.25, -0.2) is 0 Å². The van der Waals surface area contributed by atoms with Crippen molar-refractivity contribution >= 4 is 5.97 Å². The summed E-state index contributed by atoms with van der Waals surface area (Å²) in [7, 11) is 2.06. The normalized spacial score (nSPS) is 34.9. The van der Waals surface area contributed by atoms with E-state index in [2.05, 4.69) is 13.6 Å². The van der Waals surface area contributed by atoms with Gasteiger partial charge in [0.05, 0.1) is 38.6 Å². The van der Waals surface area contributed by atoms with Crippen molar-refractivity contribution in [1.82, 2.24) is 0 Å². The smallest absolute Gasteiger partial charge is 0.0969 e. The zero-order valence-electron chi connectivity index (χ0n) is 7.45. The molecule has 1 rings (SSSR count). The van der Waals surface area contributed by atoms with Gasteiger partial charge in [0.15, 0.2) is 0 Å². The lowest BCUT2D eigenvalue weighted by Crippen LogP contribution is -2.43. The molecule has 0 spiro atoms. The van der Waals surface area contributed by atoms with Crippen LogP contribution in [-0.2, 0) is 4.79 Å². The van der Waals surface area contributed by atoms with E-state index in [0.717, 1.165) is 24.0 Å². The highest BCUT2D eigenvalue weighted by molar-refractivity contribution is 5.67. The van der Waals surface area contributed by atoms with Crippen molar-refractivity contribution in [3.63, 3.8) is 0 Å². The summed E-state index contributed by atoms with van der Waals surface area (Å²) in [6.45, 7) is 6.12. The number of carbonyl (C=O) groups excluding carboxylic acids is 1. The summed E-state index contributed by atoms with van der Waals surface area (Å²) < 4.78 is 0.794. The fourth-order valence-corrected chi connectivity index (χ4v) is 1.85. The Labute approximate surface area is 72.9 Å². The third kappa shape index (κ3) is 1.85. The molecule has 0 aliphatic carbocycles. The average Bonchev–Trinajstić information content (AvgIpc) is 2.33. The van der Waals surface area contributed by atoms with E-state index in [-0.39, 0.29) is 5.92 Å². The van der Waals surface area contributed by atoms with Crippen LogP contribution in [0.3, 0.4) is 0 Å². The van der Waals surface area contributed by atoms with Crippen molar-refractivity contribution in [2.24, 2.45) is 5.92 Å². The molecule has 0 aromatic carbocycles. The van der Waals surface area contributed by atoms with E-state index in [9.17, 15) is 9.90 Å². The highest BCUT2D eigenvalue weighted by Gasteiger charge is 2.33. The lowest BCUT2D eigenvalue weighted by atomic mass is 10.1. The number of carbonyl (C=O) groups is 1. The maximum absolute atomic E-state index is 10.5. The summed E-state index contributed by atoms with van der Waals surface area (Å²) in [6.07, 6.45) is 2.59. The Morgan fingerprint density at radius 3 is 2.92 bits per heavy atom. The van der Waals surface area contributed by atoms with Gasteiger partial charge in [-0.05, 0) is 6.08 Å². The van der Waals surface area contributed by atoms with E-state index in [1.54, 1.807) is 0 Å². The number of aliphatic carboxylic acids is 1. The molecule has 3 heteroatoms. The molecule has 1 heterocycles. The largest absolute Gasteiger partial charge is 0.550 e. The lowest BCUT2D eigenvalue weighted by molar-refractivity contribution is -0.893. The van der Waals surface area contributed by atoms with Gasteiger partial charge >= 0.3 is 0 Å². The molecule has 1 saturated heterocycles. The monoisotopic (exact) mass is 169 g/mol. The highest BCUT2D eigenvalue weighted by atomic mass is 16.4. The van der Waals surface area contributed by atoms with Gasteiger partial charge < -0.3 is 14.4 Å². The second kappa shape index (κ2) is 3.27. The van der Waals surface area contributed by atoms with Crippen LogP contribution in [0.4, 0.5) is 0 Å². The number of carboxylic acid groups (broad SMARTS) is 1. The van der Waals surface area contributed by atoms with Gasteiger partial charge in [0.1, 0.15) is 0 Å². The van der Waals surface area contributed by atoms with Crippen LogP contribution in [0.2, 0.25) is 0 Å². The van der Waals surface area contributed by atoms with Gasteiger partial charge in [-0.2, -0.15) is 0 Å². The first-order chi connectivity index (χ1) is 5.57. The van der Waals surface area contributed by atoms with E-state index < -0.39 is 5.97 Å². The summed E-state index contributed by atoms with van der Waals surface area (Å²) >= 11 is 0. The number of carboxylic acids is 1. The predicted octanol–water partition coefficient (Wildman–Crippen LogP) is -0.611. The van der Waals surface area contributed by atoms with Gasteiger partial charge in [-0.1, -0.05) is 6.58 Å². The standard InChI is InChI=1S/C9H15NO2/c1-3-5-10(2)6-4-8(7-10)9(11)12/h3,8H,1,4-7H2,2H3. The first-order valence-electron chi connectivity index (χ1n) is 4.23. The van der Waals surface area contributed by atoms with Crippen LogP contribution >= 0.6 is 0 Å². The molecule has 0 aromatic heterocycles. The van der Waals surface area contributed by atoms with Crippen LogP contribution in [0.5, 0.6) is 0 Å². The predicted molar refractivity (Wildman–Crippen MR) is 44.1 cm³/mol. The molecular formula is C9H15NO2.